The van der Waals surface area contributed by atoms with Gasteiger partial charge >= 0.3 is 55.8 Å². The number of carbonyl (C=O) groups is 3. The number of aliphatic hydroxyl groups excluding tert-OH is 6. The Kier molecular flexibility index (Phi) is 7.58. The van der Waals surface area contributed by atoms with Gasteiger partial charge in [-0.2, -0.15) is 0 Å². The number of aliphatic hydroxyl groups is 6. The topological polar surface area (TPSA) is 256 Å². The summed E-state index contributed by atoms with van der Waals surface area (Å²) in [6.07, 6.45) is -7.07. The summed E-state index contributed by atoms with van der Waals surface area (Å²) in [6, 6.07) is 0. The number of esters is 2. The molecule has 0 unspecified atom stereocenters. The smallest absolute Gasteiger partial charge is 0.814 e. The fourth-order valence-electron chi connectivity index (χ4n) is 2.13. The number of cyclic esters (lactones) is 2. The molecule has 2 aliphatic heterocycles. The third-order valence-electron chi connectivity index (χ3n) is 3.57. The van der Waals surface area contributed by atoms with E-state index in [-0.39, 0.29) is 37.7 Å². The summed E-state index contributed by atoms with van der Waals surface area (Å²) in [5.74, 6) is -15.7. The van der Waals surface area contributed by atoms with Gasteiger partial charge < -0.3 is 59.8 Å². The number of carbonyl (C=O) groups excluding carboxylic acids is 3. The van der Waals surface area contributed by atoms with Crippen LogP contribution in [0.1, 0.15) is 0 Å². The van der Waals surface area contributed by atoms with Gasteiger partial charge in [-0.15, -0.1) is 0 Å². The van der Waals surface area contributed by atoms with Crippen molar-refractivity contribution in [3.05, 3.63) is 23.0 Å². The van der Waals surface area contributed by atoms with Gasteiger partial charge in [-0.1, -0.05) is 0 Å². The molecular weight excluding hydrogens is 436 g/mol. The fourth-order valence-corrected chi connectivity index (χ4v) is 2.13. The Bertz CT molecular complexity index is 712. The molecule has 4 atom stereocenters. The van der Waals surface area contributed by atoms with Gasteiger partial charge in [-0.05, 0) is 0 Å². The van der Waals surface area contributed by atoms with Crippen LogP contribution in [0.4, 0.5) is 4.79 Å². The van der Waals surface area contributed by atoms with Gasteiger partial charge in [0, 0.05) is 0 Å². The van der Waals surface area contributed by atoms with Crippen LogP contribution in [0.25, 0.3) is 0 Å². The zero-order valence-corrected chi connectivity index (χ0v) is 16.3. The van der Waals surface area contributed by atoms with Gasteiger partial charge in [0.25, 0.3) is 0 Å². The molecule has 0 bridgehead atoms. The van der Waals surface area contributed by atoms with E-state index < -0.39 is 78.1 Å². The van der Waals surface area contributed by atoms with Gasteiger partial charge in [-0.3, -0.25) is 0 Å². The molecule has 29 heavy (non-hydrogen) atoms. The van der Waals surface area contributed by atoms with Crippen LogP contribution < -0.4 is 10.2 Å². The normalized spacial score (nSPS) is 25.5. The van der Waals surface area contributed by atoms with E-state index in [9.17, 15) is 34.8 Å². The van der Waals surface area contributed by atoms with Crippen molar-refractivity contribution < 1.29 is 74.2 Å². The Morgan fingerprint density at radius 1 is 0.862 bits per heavy atom. The largest absolute Gasteiger partial charge is 2.00 e. The minimum atomic E-state index is -3.51. The predicted octanol–water partition coefficient (Wildman–Crippen LogP) is -4.64. The first-order valence-corrected chi connectivity index (χ1v) is 7.11. The van der Waals surface area contributed by atoms with Crippen molar-refractivity contribution in [2.75, 3.05) is 13.2 Å². The molecular formula is C13H12CaO15. The molecule has 156 valence electrons. The number of hydrogen-bond acceptors (Lipinski definition) is 15. The molecule has 15 nitrogen and oxygen atoms in total. The van der Waals surface area contributed by atoms with Crippen LogP contribution >= 0.6 is 0 Å². The van der Waals surface area contributed by atoms with Crippen LogP contribution in [0.5, 0.6) is 0 Å². The van der Waals surface area contributed by atoms with E-state index in [1.54, 1.807) is 0 Å². The van der Waals surface area contributed by atoms with Crippen LogP contribution in [0.15, 0.2) is 23.0 Å². The molecule has 0 spiro atoms. The Hall–Kier alpha value is -2.01. The third-order valence-corrected chi connectivity index (χ3v) is 3.57. The summed E-state index contributed by atoms with van der Waals surface area (Å²) in [4.78, 5) is 34.0. The first-order chi connectivity index (χ1) is 12.9. The molecule has 2 aliphatic rings. The molecule has 0 fully saturated rings. The van der Waals surface area contributed by atoms with Gasteiger partial charge in [0.15, 0.2) is 23.7 Å². The Balaban J connectivity index is 0.00000420. The van der Waals surface area contributed by atoms with Crippen molar-refractivity contribution in [2.24, 2.45) is 0 Å². The van der Waals surface area contributed by atoms with Crippen molar-refractivity contribution in [3.63, 3.8) is 0 Å². The average Bonchev–Trinajstić information content (AvgIpc) is 3.06. The predicted molar refractivity (Wildman–Crippen MR) is 77.3 cm³/mol. The van der Waals surface area contributed by atoms with Gasteiger partial charge in [-0.25, -0.2) is 14.4 Å². The second kappa shape index (κ2) is 8.78. The molecule has 16 heteroatoms. The standard InChI is InChI=1S/C13H12O15.Ca/c14-1-12(23,7-3(16)5(18)9(20)25-7)27-11(22)28-13(24,2-15)8-4(17)6(19)10(21)26-8;/h7-8,14-19H,1-2H2;/q-2;+2/t7-,8-,12+,13+;/m0./s1. The quantitative estimate of drug-likeness (QED) is 0.0966. The van der Waals surface area contributed by atoms with Crippen molar-refractivity contribution >= 4 is 55.8 Å². The zero-order valence-electron chi connectivity index (χ0n) is 14.1. The molecule has 0 saturated heterocycles. The van der Waals surface area contributed by atoms with E-state index in [0.717, 1.165) is 0 Å². The van der Waals surface area contributed by atoms with Gasteiger partial charge in [0.2, 0.25) is 11.5 Å². The fraction of sp³-hybridized carbons (Fsp3) is 0.462. The summed E-state index contributed by atoms with van der Waals surface area (Å²) in [6.45, 7) is -3.32. The molecule has 0 aromatic heterocycles. The molecule has 0 aromatic carbocycles. The molecule has 0 radical (unpaired) electrons. The monoisotopic (exact) mass is 448 g/mol. The second-order valence-electron chi connectivity index (χ2n) is 5.43. The summed E-state index contributed by atoms with van der Waals surface area (Å²) in [5, 5.41) is 80.2. The summed E-state index contributed by atoms with van der Waals surface area (Å²) in [7, 11) is 0. The maximum absolute atomic E-state index is 12.3. The maximum atomic E-state index is 12.3. The molecule has 0 saturated carbocycles. The molecule has 0 aromatic rings. The Morgan fingerprint density at radius 3 is 1.38 bits per heavy atom. The summed E-state index contributed by atoms with van der Waals surface area (Å²) < 4.78 is 16.7. The van der Waals surface area contributed by atoms with Crippen molar-refractivity contribution in [1.82, 2.24) is 0 Å². The van der Waals surface area contributed by atoms with Crippen molar-refractivity contribution in [2.45, 2.75) is 23.8 Å². The Labute approximate surface area is 189 Å². The van der Waals surface area contributed by atoms with Crippen LogP contribution in [-0.4, -0.2) is 123 Å². The van der Waals surface area contributed by atoms with E-state index in [1.807, 2.05) is 0 Å². The van der Waals surface area contributed by atoms with Crippen molar-refractivity contribution in [1.29, 1.82) is 0 Å². The molecule has 2 rings (SSSR count). The third kappa shape index (κ3) is 4.45. The van der Waals surface area contributed by atoms with E-state index in [1.165, 1.54) is 0 Å². The minimum Gasteiger partial charge on any atom is -0.814 e. The van der Waals surface area contributed by atoms with E-state index in [4.69, 9.17) is 20.4 Å². The number of hydrogen-bond donors (Lipinski definition) is 6. The summed E-state index contributed by atoms with van der Waals surface area (Å²) in [5.41, 5.74) is 0. The molecule has 2 heterocycles. The SMILES string of the molecule is O=C(O[C@]([O-])(CO)[C@H]1OC(=O)C(O)=C1O)O[C@]([O-])(CO)[C@H]1OC(=O)C(O)=C1O.[Ca+2]. The minimum absolute atomic E-state index is 0. The maximum Gasteiger partial charge on any atom is 2.00 e. The second-order valence-corrected chi connectivity index (χ2v) is 5.43. The number of rotatable bonds is 6. The van der Waals surface area contributed by atoms with Gasteiger partial charge in [0.1, 0.15) is 11.6 Å². The first-order valence-electron chi connectivity index (χ1n) is 7.11. The summed E-state index contributed by atoms with van der Waals surface area (Å²) >= 11 is 0. The van der Waals surface area contributed by atoms with Crippen LogP contribution in [0.3, 0.4) is 0 Å². The average molecular weight is 448 g/mol. The number of ether oxygens (including phenoxy) is 4. The van der Waals surface area contributed by atoms with Crippen LogP contribution in [0, 0.1) is 0 Å². The van der Waals surface area contributed by atoms with Crippen LogP contribution in [0.2, 0.25) is 0 Å². The first kappa shape index (κ1) is 25.0. The molecule has 0 amide bonds. The van der Waals surface area contributed by atoms with Crippen LogP contribution in [-0.2, 0) is 28.5 Å². The molecule has 6 N–H and O–H groups in total. The molecule has 0 aliphatic carbocycles. The Morgan fingerprint density at radius 2 is 1.17 bits per heavy atom. The zero-order chi connectivity index (χ0) is 21.4. The van der Waals surface area contributed by atoms with Crippen molar-refractivity contribution in [3.8, 4) is 0 Å². The van der Waals surface area contributed by atoms with Gasteiger partial charge in [0.05, 0.1) is 13.2 Å². The van der Waals surface area contributed by atoms with E-state index in [0.29, 0.717) is 0 Å². The van der Waals surface area contributed by atoms with E-state index in [2.05, 4.69) is 18.9 Å². The van der Waals surface area contributed by atoms with E-state index >= 15 is 0 Å².